The van der Waals surface area contributed by atoms with Gasteiger partial charge < -0.3 is 16.4 Å². The molecule has 0 aliphatic heterocycles. The highest BCUT2D eigenvalue weighted by molar-refractivity contribution is 7.86. The maximum Gasteiger partial charge on any atom is 0.413 e. The van der Waals surface area contributed by atoms with Gasteiger partial charge in [-0.05, 0) is 13.0 Å². The van der Waals surface area contributed by atoms with Gasteiger partial charge in [-0.25, -0.2) is 0 Å². The van der Waals surface area contributed by atoms with Crippen LogP contribution in [0, 0.1) is 0 Å². The monoisotopic (exact) mass is 307 g/mol. The number of nitrogens with one attached hydrogen (secondary N) is 2. The fourth-order valence-corrected chi connectivity index (χ4v) is 2.05. The molecule has 6 nitrogen and oxygen atoms in total. The van der Waals surface area contributed by atoms with E-state index >= 15 is 0 Å². The Balaban J connectivity index is 3.54. The van der Waals surface area contributed by atoms with Crippen LogP contribution in [-0.2, 0) is 14.3 Å². The van der Waals surface area contributed by atoms with Crippen LogP contribution in [0.25, 0.3) is 0 Å². The summed E-state index contributed by atoms with van der Waals surface area (Å²) in [5.41, 5.74) is 5.25. The molecule has 0 aromatic heterocycles. The van der Waals surface area contributed by atoms with Gasteiger partial charge in [-0.3, -0.25) is 4.18 Å². The summed E-state index contributed by atoms with van der Waals surface area (Å²) in [4.78, 5) is 0. The molecule has 19 heavy (non-hydrogen) atoms. The van der Waals surface area contributed by atoms with Gasteiger partial charge >= 0.3 is 6.18 Å². The van der Waals surface area contributed by atoms with E-state index in [9.17, 15) is 21.6 Å². The van der Waals surface area contributed by atoms with E-state index in [1.54, 1.807) is 0 Å². The number of nitrogens with two attached hydrogens (primary N) is 1. The van der Waals surface area contributed by atoms with E-state index in [1.807, 2.05) is 0 Å². The number of hydrogen-bond donors (Lipinski definition) is 3. The van der Waals surface area contributed by atoms with Crippen molar-refractivity contribution in [3.05, 3.63) is 0 Å². The Kier molecular flexibility index (Phi) is 9.27. The molecule has 0 aliphatic carbocycles. The quantitative estimate of drug-likeness (QED) is 0.349. The van der Waals surface area contributed by atoms with Crippen molar-refractivity contribution in [1.29, 1.82) is 0 Å². The van der Waals surface area contributed by atoms with Crippen LogP contribution in [0.5, 0.6) is 0 Å². The van der Waals surface area contributed by atoms with Crippen molar-refractivity contribution in [2.75, 3.05) is 45.1 Å². The van der Waals surface area contributed by atoms with Crippen LogP contribution in [0.1, 0.15) is 6.42 Å². The average molecular weight is 307 g/mol. The van der Waals surface area contributed by atoms with Gasteiger partial charge in [0.25, 0.3) is 10.1 Å². The summed E-state index contributed by atoms with van der Waals surface area (Å²) in [7, 11) is -4.11. The first-order chi connectivity index (χ1) is 8.77. The Morgan fingerprint density at radius 1 is 1.05 bits per heavy atom. The molecular formula is C9H20F3N3O3S. The summed E-state index contributed by atoms with van der Waals surface area (Å²) in [5, 5.41) is 5.97. The first-order valence-electron chi connectivity index (χ1n) is 5.82. The van der Waals surface area contributed by atoms with Gasteiger partial charge in [0, 0.05) is 26.2 Å². The SMILES string of the molecule is NCCNCCNCCCS(=O)(=O)OCC(F)(F)F. The summed E-state index contributed by atoms with van der Waals surface area (Å²) < 4.78 is 61.3. The Hall–Kier alpha value is -0.420. The van der Waals surface area contributed by atoms with Crippen molar-refractivity contribution < 1.29 is 25.8 Å². The highest BCUT2D eigenvalue weighted by Gasteiger charge is 2.30. The minimum atomic E-state index is -4.64. The van der Waals surface area contributed by atoms with Gasteiger partial charge in [0.1, 0.15) is 0 Å². The Bertz CT molecular complexity index is 322. The van der Waals surface area contributed by atoms with Crippen molar-refractivity contribution in [3.8, 4) is 0 Å². The summed E-state index contributed by atoms with van der Waals surface area (Å²) in [6.45, 7) is 1.17. The molecule has 116 valence electrons. The molecule has 4 N–H and O–H groups in total. The molecule has 0 heterocycles. The van der Waals surface area contributed by atoms with E-state index in [1.165, 1.54) is 0 Å². The van der Waals surface area contributed by atoms with Gasteiger partial charge in [-0.2, -0.15) is 21.6 Å². The highest BCUT2D eigenvalue weighted by Crippen LogP contribution is 2.16. The molecule has 0 radical (unpaired) electrons. The Morgan fingerprint density at radius 3 is 2.16 bits per heavy atom. The second-order valence-electron chi connectivity index (χ2n) is 3.78. The Morgan fingerprint density at radius 2 is 1.63 bits per heavy atom. The van der Waals surface area contributed by atoms with Gasteiger partial charge in [0.2, 0.25) is 0 Å². The zero-order chi connectivity index (χ0) is 14.8. The zero-order valence-electron chi connectivity index (χ0n) is 10.5. The van der Waals surface area contributed by atoms with E-state index in [-0.39, 0.29) is 6.42 Å². The molecular weight excluding hydrogens is 287 g/mol. The smallest absolute Gasteiger partial charge is 0.329 e. The first kappa shape index (κ1) is 18.6. The van der Waals surface area contributed by atoms with Crippen molar-refractivity contribution in [2.45, 2.75) is 12.6 Å². The van der Waals surface area contributed by atoms with Crippen LogP contribution in [0.4, 0.5) is 13.2 Å². The normalized spacial score (nSPS) is 12.8. The Labute approximate surface area is 111 Å². The van der Waals surface area contributed by atoms with E-state index in [4.69, 9.17) is 5.73 Å². The predicted octanol–water partition coefficient (Wildman–Crippen LogP) is -0.577. The molecule has 0 fully saturated rings. The fraction of sp³-hybridized carbons (Fsp3) is 1.00. The lowest BCUT2D eigenvalue weighted by molar-refractivity contribution is -0.152. The van der Waals surface area contributed by atoms with Gasteiger partial charge in [-0.1, -0.05) is 0 Å². The molecule has 0 saturated carbocycles. The molecule has 0 saturated heterocycles. The van der Waals surface area contributed by atoms with Crippen LogP contribution in [-0.4, -0.2) is 59.7 Å². The second kappa shape index (κ2) is 9.48. The van der Waals surface area contributed by atoms with Crippen LogP contribution >= 0.6 is 0 Å². The molecule has 0 unspecified atom stereocenters. The van der Waals surface area contributed by atoms with Crippen LogP contribution in [0.15, 0.2) is 0 Å². The number of halogens is 3. The van der Waals surface area contributed by atoms with Crippen LogP contribution in [0.2, 0.25) is 0 Å². The van der Waals surface area contributed by atoms with Crippen LogP contribution < -0.4 is 16.4 Å². The molecule has 0 aliphatic rings. The average Bonchev–Trinajstić information content (AvgIpc) is 2.29. The standard InChI is InChI=1S/C9H20F3N3O3S/c10-9(11,12)8-18-19(16,17)7-1-3-14-5-6-15-4-2-13/h14-15H,1-8,13H2. The third-order valence-corrected chi connectivity index (χ3v) is 3.22. The molecule has 0 aromatic carbocycles. The predicted molar refractivity (Wildman–Crippen MR) is 65.2 cm³/mol. The van der Waals surface area contributed by atoms with Crippen LogP contribution in [0.3, 0.4) is 0 Å². The number of hydrogen-bond acceptors (Lipinski definition) is 6. The third kappa shape index (κ3) is 13.8. The lowest BCUT2D eigenvalue weighted by Crippen LogP contribution is -2.31. The number of alkyl halides is 3. The second-order valence-corrected chi connectivity index (χ2v) is 5.54. The van der Waals surface area contributed by atoms with E-state index in [2.05, 4.69) is 14.8 Å². The molecule has 0 spiro atoms. The fourth-order valence-electron chi connectivity index (χ4n) is 1.12. The molecule has 0 atom stereocenters. The largest absolute Gasteiger partial charge is 0.413 e. The lowest BCUT2D eigenvalue weighted by atomic mass is 10.4. The van der Waals surface area contributed by atoms with Gasteiger partial charge in [-0.15, -0.1) is 0 Å². The summed E-state index contributed by atoms with van der Waals surface area (Å²) in [5.74, 6) is -0.438. The highest BCUT2D eigenvalue weighted by atomic mass is 32.2. The lowest BCUT2D eigenvalue weighted by Gasteiger charge is -2.08. The van der Waals surface area contributed by atoms with Gasteiger partial charge in [0.05, 0.1) is 5.75 Å². The van der Waals surface area contributed by atoms with Gasteiger partial charge in [0.15, 0.2) is 6.61 Å². The maximum atomic E-state index is 11.8. The van der Waals surface area contributed by atoms with Crippen molar-refractivity contribution in [3.63, 3.8) is 0 Å². The molecule has 10 heteroatoms. The molecule has 0 bridgehead atoms. The van der Waals surface area contributed by atoms with Crippen molar-refractivity contribution in [1.82, 2.24) is 10.6 Å². The molecule has 0 aromatic rings. The van der Waals surface area contributed by atoms with E-state index in [0.29, 0.717) is 32.7 Å². The zero-order valence-corrected chi connectivity index (χ0v) is 11.3. The maximum absolute atomic E-state index is 11.8. The molecule has 0 rings (SSSR count). The third-order valence-electron chi connectivity index (χ3n) is 1.95. The van der Waals surface area contributed by atoms with E-state index < -0.39 is 28.7 Å². The number of rotatable bonds is 11. The summed E-state index contributed by atoms with van der Waals surface area (Å²) in [6.07, 6.45) is -4.45. The topological polar surface area (TPSA) is 93.5 Å². The molecule has 0 amide bonds. The van der Waals surface area contributed by atoms with Crippen molar-refractivity contribution >= 4 is 10.1 Å². The minimum absolute atomic E-state index is 0.192. The summed E-state index contributed by atoms with van der Waals surface area (Å²) in [6, 6.07) is 0. The van der Waals surface area contributed by atoms with E-state index in [0.717, 1.165) is 0 Å². The minimum Gasteiger partial charge on any atom is -0.329 e. The summed E-state index contributed by atoms with van der Waals surface area (Å²) >= 11 is 0. The first-order valence-corrected chi connectivity index (χ1v) is 7.40. The van der Waals surface area contributed by atoms with Crippen molar-refractivity contribution in [2.24, 2.45) is 5.73 Å².